The molecular weight excluding hydrogens is 222 g/mol. The van der Waals surface area contributed by atoms with Gasteiger partial charge in [0, 0.05) is 7.05 Å². The Bertz CT molecular complexity index is 492. The zero-order valence-corrected chi connectivity index (χ0v) is 10.0. The molecule has 1 fully saturated rings. The number of aromatic nitrogens is 2. The summed E-state index contributed by atoms with van der Waals surface area (Å²) in [7, 11) is 1.80. The van der Waals surface area contributed by atoms with Gasteiger partial charge in [0.05, 0.1) is 28.9 Å². The third-order valence-electron chi connectivity index (χ3n) is 3.20. The topological polar surface area (TPSA) is 84.2 Å². The molecule has 0 aromatic carbocycles. The molecule has 0 spiro atoms. The minimum Gasteiger partial charge on any atom is -0.481 e. The van der Waals surface area contributed by atoms with Crippen molar-refractivity contribution in [3.8, 4) is 0 Å². The number of nitrogens with zero attached hydrogens (tertiary/aromatic N) is 2. The van der Waals surface area contributed by atoms with E-state index in [1.165, 1.54) is 0 Å². The van der Waals surface area contributed by atoms with Crippen LogP contribution < -0.4 is 5.32 Å². The Labute approximate surface area is 98.6 Å². The quantitative estimate of drug-likeness (QED) is 0.810. The number of hydrogen-bond donors (Lipinski definition) is 2. The van der Waals surface area contributed by atoms with Gasteiger partial charge in [0.1, 0.15) is 0 Å². The summed E-state index contributed by atoms with van der Waals surface area (Å²) in [4.78, 5) is 22.5. The van der Waals surface area contributed by atoms with Crippen LogP contribution in [0.3, 0.4) is 0 Å². The summed E-state index contributed by atoms with van der Waals surface area (Å²) < 4.78 is 1.69. The van der Waals surface area contributed by atoms with Crippen LogP contribution in [-0.4, -0.2) is 26.8 Å². The van der Waals surface area contributed by atoms with Crippen LogP contribution in [0.25, 0.3) is 0 Å². The van der Waals surface area contributed by atoms with Gasteiger partial charge in [-0.3, -0.25) is 14.3 Å². The van der Waals surface area contributed by atoms with Crippen molar-refractivity contribution in [2.75, 3.05) is 5.32 Å². The van der Waals surface area contributed by atoms with Gasteiger partial charge in [-0.25, -0.2) is 0 Å². The number of carbonyl (C=O) groups is 2. The summed E-state index contributed by atoms with van der Waals surface area (Å²) in [6.07, 6.45) is 0.430. The molecule has 2 N–H and O–H groups in total. The maximum atomic E-state index is 11.8. The zero-order valence-electron chi connectivity index (χ0n) is 10.0. The molecule has 0 bridgehead atoms. The van der Waals surface area contributed by atoms with Crippen LogP contribution in [0.1, 0.15) is 17.8 Å². The monoisotopic (exact) mass is 237 g/mol. The van der Waals surface area contributed by atoms with Gasteiger partial charge >= 0.3 is 5.97 Å². The first-order chi connectivity index (χ1) is 7.91. The van der Waals surface area contributed by atoms with E-state index >= 15 is 0 Å². The molecule has 1 aromatic heterocycles. The van der Waals surface area contributed by atoms with E-state index in [-0.39, 0.29) is 5.91 Å². The first-order valence-corrected chi connectivity index (χ1v) is 5.45. The maximum absolute atomic E-state index is 11.8. The fourth-order valence-corrected chi connectivity index (χ4v) is 1.93. The largest absolute Gasteiger partial charge is 0.481 e. The van der Waals surface area contributed by atoms with Crippen LogP contribution in [0.2, 0.25) is 0 Å². The summed E-state index contributed by atoms with van der Waals surface area (Å²) in [6.45, 7) is 3.67. The lowest BCUT2D eigenvalue weighted by atomic mass is 10.2. The molecule has 6 heteroatoms. The van der Waals surface area contributed by atoms with Gasteiger partial charge in [0.2, 0.25) is 5.91 Å². The SMILES string of the molecule is Cc1nn(C)c(C)c1NC(=O)[C@@H]1C[C@@H]1C(=O)O. The Morgan fingerprint density at radius 1 is 1.41 bits per heavy atom. The van der Waals surface area contributed by atoms with Crippen molar-refractivity contribution in [3.63, 3.8) is 0 Å². The summed E-state index contributed by atoms with van der Waals surface area (Å²) in [5.74, 6) is -2.04. The summed E-state index contributed by atoms with van der Waals surface area (Å²) >= 11 is 0. The van der Waals surface area contributed by atoms with Crippen LogP contribution >= 0.6 is 0 Å². The highest BCUT2D eigenvalue weighted by Crippen LogP contribution is 2.39. The molecule has 0 radical (unpaired) electrons. The van der Waals surface area contributed by atoms with Crippen molar-refractivity contribution in [2.45, 2.75) is 20.3 Å². The molecule has 1 aromatic rings. The highest BCUT2D eigenvalue weighted by atomic mass is 16.4. The van der Waals surface area contributed by atoms with Crippen LogP contribution in [0.4, 0.5) is 5.69 Å². The maximum Gasteiger partial charge on any atom is 0.307 e. The Balaban J connectivity index is 2.07. The van der Waals surface area contributed by atoms with E-state index in [2.05, 4.69) is 10.4 Å². The van der Waals surface area contributed by atoms with Crippen molar-refractivity contribution in [1.82, 2.24) is 9.78 Å². The second kappa shape index (κ2) is 3.87. The van der Waals surface area contributed by atoms with E-state index in [1.807, 2.05) is 13.8 Å². The highest BCUT2D eigenvalue weighted by molar-refractivity contribution is 5.98. The van der Waals surface area contributed by atoms with E-state index in [0.717, 1.165) is 11.4 Å². The fourth-order valence-electron chi connectivity index (χ4n) is 1.93. The van der Waals surface area contributed by atoms with Crippen LogP contribution in [-0.2, 0) is 16.6 Å². The predicted octanol–water partition coefficient (Wildman–Crippen LogP) is 0.696. The smallest absolute Gasteiger partial charge is 0.307 e. The summed E-state index contributed by atoms with van der Waals surface area (Å²) in [6, 6.07) is 0. The number of amides is 1. The van der Waals surface area contributed by atoms with E-state index in [1.54, 1.807) is 11.7 Å². The fraction of sp³-hybridized carbons (Fsp3) is 0.545. The first-order valence-electron chi connectivity index (χ1n) is 5.45. The lowest BCUT2D eigenvalue weighted by Crippen LogP contribution is -2.17. The number of rotatable bonds is 3. The standard InChI is InChI=1S/C11H15N3O3/c1-5-9(6(2)14(3)13-5)12-10(15)7-4-8(7)11(16)17/h7-8H,4H2,1-3H3,(H,12,15)(H,16,17)/t7-,8+/m1/s1. The van der Waals surface area contributed by atoms with Crippen LogP contribution in [0.5, 0.6) is 0 Å². The lowest BCUT2D eigenvalue weighted by Gasteiger charge is -2.04. The number of hydrogen-bond acceptors (Lipinski definition) is 3. The van der Waals surface area contributed by atoms with Gasteiger partial charge in [-0.15, -0.1) is 0 Å². The summed E-state index contributed by atoms with van der Waals surface area (Å²) in [5.41, 5.74) is 2.29. The average Bonchev–Trinajstić information content (AvgIpc) is 2.99. The molecule has 1 aliphatic rings. The molecule has 6 nitrogen and oxygen atoms in total. The molecule has 2 atom stereocenters. The molecular formula is C11H15N3O3. The molecule has 0 saturated heterocycles. The molecule has 92 valence electrons. The van der Waals surface area contributed by atoms with Gasteiger partial charge in [0.25, 0.3) is 0 Å². The average molecular weight is 237 g/mol. The second-order valence-corrected chi connectivity index (χ2v) is 4.45. The van der Waals surface area contributed by atoms with Gasteiger partial charge in [-0.2, -0.15) is 5.10 Å². The zero-order chi connectivity index (χ0) is 12.7. The first kappa shape index (κ1) is 11.6. The van der Waals surface area contributed by atoms with E-state index < -0.39 is 17.8 Å². The minimum atomic E-state index is -0.898. The van der Waals surface area contributed by atoms with Gasteiger partial charge in [-0.05, 0) is 20.3 Å². The number of carbonyl (C=O) groups excluding carboxylic acids is 1. The van der Waals surface area contributed by atoms with Crippen molar-refractivity contribution >= 4 is 17.6 Å². The number of aliphatic carboxylic acids is 1. The van der Waals surface area contributed by atoms with Gasteiger partial charge in [0.15, 0.2) is 0 Å². The van der Waals surface area contributed by atoms with Crippen LogP contribution in [0.15, 0.2) is 0 Å². The Morgan fingerprint density at radius 3 is 2.47 bits per heavy atom. The second-order valence-electron chi connectivity index (χ2n) is 4.45. The molecule has 1 saturated carbocycles. The van der Waals surface area contributed by atoms with E-state index in [0.29, 0.717) is 12.1 Å². The van der Waals surface area contributed by atoms with Crippen molar-refractivity contribution in [2.24, 2.45) is 18.9 Å². The van der Waals surface area contributed by atoms with E-state index in [9.17, 15) is 9.59 Å². The number of carboxylic acid groups (broad SMARTS) is 1. The van der Waals surface area contributed by atoms with Gasteiger partial charge in [-0.1, -0.05) is 0 Å². The molecule has 1 amide bonds. The molecule has 2 rings (SSSR count). The van der Waals surface area contributed by atoms with Crippen molar-refractivity contribution in [1.29, 1.82) is 0 Å². The third-order valence-corrected chi connectivity index (χ3v) is 3.20. The van der Waals surface area contributed by atoms with E-state index in [4.69, 9.17) is 5.11 Å². The lowest BCUT2D eigenvalue weighted by molar-refractivity contribution is -0.139. The van der Waals surface area contributed by atoms with Gasteiger partial charge < -0.3 is 10.4 Å². The van der Waals surface area contributed by atoms with Crippen molar-refractivity contribution in [3.05, 3.63) is 11.4 Å². The third kappa shape index (κ3) is 2.02. The number of carboxylic acids is 1. The number of nitrogens with one attached hydrogen (secondary N) is 1. The highest BCUT2D eigenvalue weighted by Gasteiger charge is 2.48. The number of aryl methyl sites for hydroxylation is 2. The molecule has 17 heavy (non-hydrogen) atoms. The van der Waals surface area contributed by atoms with Crippen LogP contribution in [0, 0.1) is 25.7 Å². The Morgan fingerprint density at radius 2 is 2.06 bits per heavy atom. The molecule has 1 aliphatic carbocycles. The molecule has 1 heterocycles. The molecule has 0 unspecified atom stereocenters. The molecule has 0 aliphatic heterocycles. The number of anilines is 1. The Hall–Kier alpha value is -1.85. The normalized spacial score (nSPS) is 22.3. The predicted molar refractivity (Wildman–Crippen MR) is 60.5 cm³/mol. The van der Waals surface area contributed by atoms with Crippen molar-refractivity contribution < 1.29 is 14.7 Å². The minimum absolute atomic E-state index is 0.225. The summed E-state index contributed by atoms with van der Waals surface area (Å²) in [5, 5.41) is 15.7. The Kier molecular flexibility index (Phi) is 2.65.